The highest BCUT2D eigenvalue weighted by Gasteiger charge is 2.31. The summed E-state index contributed by atoms with van der Waals surface area (Å²) in [7, 11) is 0. The quantitative estimate of drug-likeness (QED) is 0.745. The zero-order valence-electron chi connectivity index (χ0n) is 10.5. The predicted molar refractivity (Wildman–Crippen MR) is 71.6 cm³/mol. The highest BCUT2D eigenvalue weighted by atomic mass is 15.3. The Kier molecular flexibility index (Phi) is 3.14. The largest absolute Gasteiger partial charge is 0.348 e. The molecule has 0 bridgehead atoms. The van der Waals surface area contributed by atoms with Gasteiger partial charge in [-0.3, -0.25) is 9.98 Å². The molecule has 0 aromatic heterocycles. The number of nitriles is 1. The molecule has 3 aliphatic rings. The van der Waals surface area contributed by atoms with Crippen LogP contribution in [0.15, 0.2) is 21.8 Å². The van der Waals surface area contributed by atoms with E-state index >= 15 is 0 Å². The fourth-order valence-corrected chi connectivity index (χ4v) is 3.17. The molecular weight excluding hydrogens is 224 g/mol. The van der Waals surface area contributed by atoms with E-state index in [4.69, 9.17) is 5.26 Å². The van der Waals surface area contributed by atoms with Crippen LogP contribution in [0.5, 0.6) is 0 Å². The van der Waals surface area contributed by atoms with Gasteiger partial charge in [-0.2, -0.15) is 5.26 Å². The van der Waals surface area contributed by atoms with E-state index in [1.807, 2.05) is 6.21 Å². The molecule has 0 aromatic rings. The van der Waals surface area contributed by atoms with E-state index in [0.717, 1.165) is 25.3 Å². The van der Waals surface area contributed by atoms with Crippen molar-refractivity contribution in [2.45, 2.75) is 38.1 Å². The van der Waals surface area contributed by atoms with Gasteiger partial charge < -0.3 is 4.90 Å². The van der Waals surface area contributed by atoms with Gasteiger partial charge in [-0.25, -0.2) is 0 Å². The molecule has 0 N–H and O–H groups in total. The minimum Gasteiger partial charge on any atom is -0.348 e. The van der Waals surface area contributed by atoms with Gasteiger partial charge in [-0.05, 0) is 37.7 Å². The molecule has 3 rings (SSSR count). The van der Waals surface area contributed by atoms with Crippen LogP contribution in [-0.4, -0.2) is 36.1 Å². The van der Waals surface area contributed by atoms with Gasteiger partial charge >= 0.3 is 0 Å². The van der Waals surface area contributed by atoms with Crippen molar-refractivity contribution in [3.63, 3.8) is 0 Å². The standard InChI is InChI=1S/C14H18N4/c15-7-5-11-1-3-12(4-2-11)18-10-17-13-9-16-8-6-14(13)18/h6,9,11-12H,1-5,8,10H2. The van der Waals surface area contributed by atoms with Gasteiger partial charge in [0.1, 0.15) is 12.4 Å². The zero-order valence-corrected chi connectivity index (χ0v) is 10.5. The summed E-state index contributed by atoms with van der Waals surface area (Å²) in [5, 5.41) is 8.75. The molecule has 0 atom stereocenters. The maximum atomic E-state index is 8.75. The Balaban J connectivity index is 1.62. The second kappa shape index (κ2) is 4.93. The first-order valence-electron chi connectivity index (χ1n) is 6.77. The Hall–Kier alpha value is -1.63. The average molecular weight is 242 g/mol. The third-order valence-corrected chi connectivity index (χ3v) is 4.21. The van der Waals surface area contributed by atoms with Gasteiger partial charge in [0, 0.05) is 18.7 Å². The minimum atomic E-state index is 0.610. The van der Waals surface area contributed by atoms with Crippen LogP contribution in [0.4, 0.5) is 0 Å². The van der Waals surface area contributed by atoms with Crippen molar-refractivity contribution < 1.29 is 0 Å². The van der Waals surface area contributed by atoms with E-state index in [1.165, 1.54) is 31.4 Å². The van der Waals surface area contributed by atoms with E-state index in [2.05, 4.69) is 27.0 Å². The number of dihydropyridines is 1. The smallest absolute Gasteiger partial charge is 0.111 e. The molecule has 18 heavy (non-hydrogen) atoms. The van der Waals surface area contributed by atoms with Crippen LogP contribution in [0.2, 0.25) is 0 Å². The lowest BCUT2D eigenvalue weighted by molar-refractivity contribution is 0.190. The lowest BCUT2D eigenvalue weighted by Crippen LogP contribution is -2.37. The summed E-state index contributed by atoms with van der Waals surface area (Å²) in [5.41, 5.74) is 2.34. The molecule has 2 heterocycles. The summed E-state index contributed by atoms with van der Waals surface area (Å²) < 4.78 is 0. The fraction of sp³-hybridized carbons (Fsp3) is 0.643. The van der Waals surface area contributed by atoms with Gasteiger partial charge in [0.25, 0.3) is 0 Å². The number of aliphatic imine (C=N–C) groups is 2. The topological polar surface area (TPSA) is 51.8 Å². The maximum absolute atomic E-state index is 8.75. The van der Waals surface area contributed by atoms with E-state index in [-0.39, 0.29) is 0 Å². The third-order valence-electron chi connectivity index (χ3n) is 4.21. The fourth-order valence-electron chi connectivity index (χ4n) is 3.17. The van der Waals surface area contributed by atoms with Crippen LogP contribution >= 0.6 is 0 Å². The van der Waals surface area contributed by atoms with Gasteiger partial charge in [0.15, 0.2) is 0 Å². The summed E-state index contributed by atoms with van der Waals surface area (Å²) in [4.78, 5) is 11.2. The molecule has 0 radical (unpaired) electrons. The predicted octanol–water partition coefficient (Wildman–Crippen LogP) is 2.14. The third kappa shape index (κ3) is 2.05. The highest BCUT2D eigenvalue weighted by molar-refractivity contribution is 6.39. The summed E-state index contributed by atoms with van der Waals surface area (Å²) in [6.07, 6.45) is 9.58. The van der Waals surface area contributed by atoms with E-state index in [1.54, 1.807) is 0 Å². The van der Waals surface area contributed by atoms with Crippen LogP contribution in [0.3, 0.4) is 0 Å². The van der Waals surface area contributed by atoms with Crippen LogP contribution in [0.1, 0.15) is 32.1 Å². The summed E-state index contributed by atoms with van der Waals surface area (Å²) in [6, 6.07) is 2.91. The number of hydrogen-bond acceptors (Lipinski definition) is 4. The Morgan fingerprint density at radius 1 is 1.33 bits per heavy atom. The van der Waals surface area contributed by atoms with Crippen molar-refractivity contribution in [2.75, 3.05) is 13.2 Å². The number of fused-ring (bicyclic) bond motifs is 1. The van der Waals surface area contributed by atoms with E-state index < -0.39 is 0 Å². The number of hydrogen-bond donors (Lipinski definition) is 0. The second-order valence-electron chi connectivity index (χ2n) is 5.27. The van der Waals surface area contributed by atoms with Gasteiger partial charge in [-0.1, -0.05) is 0 Å². The minimum absolute atomic E-state index is 0.610. The first kappa shape index (κ1) is 11.5. The van der Waals surface area contributed by atoms with Crippen LogP contribution in [-0.2, 0) is 0 Å². The summed E-state index contributed by atoms with van der Waals surface area (Å²) >= 11 is 0. The highest BCUT2D eigenvalue weighted by Crippen LogP contribution is 2.32. The molecule has 0 unspecified atom stereocenters. The Morgan fingerprint density at radius 2 is 2.17 bits per heavy atom. The van der Waals surface area contributed by atoms with Crippen molar-refractivity contribution in [1.82, 2.24) is 4.90 Å². The van der Waals surface area contributed by atoms with Crippen molar-refractivity contribution >= 4 is 11.9 Å². The Labute approximate surface area is 108 Å². The van der Waals surface area contributed by atoms with Crippen molar-refractivity contribution in [3.05, 3.63) is 11.8 Å². The molecule has 1 saturated carbocycles. The van der Waals surface area contributed by atoms with Crippen molar-refractivity contribution in [3.8, 4) is 6.07 Å². The zero-order chi connectivity index (χ0) is 12.4. The monoisotopic (exact) mass is 242 g/mol. The number of allylic oxidation sites excluding steroid dienone is 1. The van der Waals surface area contributed by atoms with E-state index in [9.17, 15) is 0 Å². The molecule has 4 nitrogen and oxygen atoms in total. The lowest BCUT2D eigenvalue weighted by atomic mass is 9.83. The summed E-state index contributed by atoms with van der Waals surface area (Å²) in [5.74, 6) is 0.621. The molecule has 94 valence electrons. The second-order valence-corrected chi connectivity index (χ2v) is 5.27. The Bertz CT molecular complexity index is 447. The molecule has 1 aliphatic carbocycles. The molecule has 4 heteroatoms. The first-order chi connectivity index (χ1) is 8.88. The lowest BCUT2D eigenvalue weighted by Gasteiger charge is -2.35. The van der Waals surface area contributed by atoms with E-state index in [0.29, 0.717) is 12.0 Å². The van der Waals surface area contributed by atoms with Crippen LogP contribution < -0.4 is 0 Å². The SMILES string of the molecule is N#CCC1CCC(N2CN=C3C=NCC=C32)CC1. The molecule has 1 fully saturated rings. The van der Waals surface area contributed by atoms with Crippen molar-refractivity contribution in [1.29, 1.82) is 5.26 Å². The normalized spacial score (nSPS) is 30.5. The van der Waals surface area contributed by atoms with Crippen molar-refractivity contribution in [2.24, 2.45) is 15.9 Å². The van der Waals surface area contributed by atoms with Crippen LogP contribution in [0.25, 0.3) is 0 Å². The van der Waals surface area contributed by atoms with Gasteiger partial charge in [0.2, 0.25) is 0 Å². The number of nitrogens with zero attached hydrogens (tertiary/aromatic N) is 4. The molecular formula is C14H18N4. The summed E-state index contributed by atoms with van der Waals surface area (Å²) in [6.45, 7) is 1.58. The first-order valence-corrected chi connectivity index (χ1v) is 6.77. The van der Waals surface area contributed by atoms with Crippen LogP contribution in [0, 0.1) is 17.2 Å². The molecule has 0 aromatic carbocycles. The van der Waals surface area contributed by atoms with Gasteiger partial charge in [-0.15, -0.1) is 0 Å². The average Bonchev–Trinajstić information content (AvgIpc) is 2.84. The molecule has 0 amide bonds. The maximum Gasteiger partial charge on any atom is 0.111 e. The molecule has 0 saturated heterocycles. The van der Waals surface area contributed by atoms with Gasteiger partial charge in [0.05, 0.1) is 18.3 Å². The number of rotatable bonds is 2. The Morgan fingerprint density at radius 3 is 2.94 bits per heavy atom. The molecule has 0 spiro atoms. The molecule has 2 aliphatic heterocycles.